The molecule has 3 rings (SSSR count). The van der Waals surface area contributed by atoms with Crippen molar-refractivity contribution in [2.75, 3.05) is 6.54 Å². The fourth-order valence-electron chi connectivity index (χ4n) is 4.46. The minimum absolute atomic E-state index is 0.00196. The summed E-state index contributed by atoms with van der Waals surface area (Å²) in [6.45, 7) is 7.50. The smallest absolute Gasteiger partial charge is 0.250 e. The Bertz CT molecular complexity index is 777. The van der Waals surface area contributed by atoms with Crippen molar-refractivity contribution in [3.63, 3.8) is 0 Å². The first-order chi connectivity index (χ1) is 13.7. The first-order valence-electron chi connectivity index (χ1n) is 10.6. The van der Waals surface area contributed by atoms with Gasteiger partial charge in [0.15, 0.2) is 0 Å². The van der Waals surface area contributed by atoms with Gasteiger partial charge in [-0.15, -0.1) is 0 Å². The molecule has 0 saturated heterocycles. The van der Waals surface area contributed by atoms with Crippen LogP contribution in [0.2, 0.25) is 0 Å². The Morgan fingerprint density at radius 1 is 1.31 bits per heavy atom. The third kappa shape index (κ3) is 4.43. The van der Waals surface area contributed by atoms with E-state index in [0.717, 1.165) is 37.7 Å². The molecule has 158 valence electrons. The number of carbonyl (C=O) groups is 3. The Morgan fingerprint density at radius 2 is 2.00 bits per heavy atom. The molecule has 1 atom stereocenters. The average Bonchev–Trinajstić information content (AvgIpc) is 2.66. The van der Waals surface area contributed by atoms with Crippen LogP contribution in [0.4, 0.5) is 0 Å². The van der Waals surface area contributed by atoms with E-state index in [0.29, 0.717) is 5.84 Å². The number of rotatable bonds is 5. The SMILES string of the molecule is CC1=CC=CN2C1=NC(=O)CC2(C)C(=O)N(CC(=O)NC(C)C)C1CCCCC1. The number of fused-ring (bicyclic) bond motifs is 1. The van der Waals surface area contributed by atoms with Crippen molar-refractivity contribution in [1.82, 2.24) is 15.1 Å². The minimum Gasteiger partial charge on any atom is -0.352 e. The highest BCUT2D eigenvalue weighted by Crippen LogP contribution is 2.34. The Labute approximate surface area is 172 Å². The number of nitrogens with zero attached hydrogens (tertiary/aromatic N) is 3. The van der Waals surface area contributed by atoms with Crippen molar-refractivity contribution in [2.45, 2.75) is 83.8 Å². The van der Waals surface area contributed by atoms with Gasteiger partial charge in [0.25, 0.3) is 5.91 Å². The summed E-state index contributed by atoms with van der Waals surface area (Å²) in [6, 6.07) is 0.0306. The van der Waals surface area contributed by atoms with Gasteiger partial charge in [0, 0.05) is 18.3 Å². The molecule has 29 heavy (non-hydrogen) atoms. The molecule has 7 heteroatoms. The van der Waals surface area contributed by atoms with Crippen LogP contribution in [0.5, 0.6) is 0 Å². The number of hydrogen-bond donors (Lipinski definition) is 1. The molecule has 1 saturated carbocycles. The summed E-state index contributed by atoms with van der Waals surface area (Å²) in [6.07, 6.45) is 10.6. The van der Waals surface area contributed by atoms with Crippen molar-refractivity contribution in [2.24, 2.45) is 4.99 Å². The van der Waals surface area contributed by atoms with E-state index in [-0.39, 0.29) is 42.8 Å². The minimum atomic E-state index is -1.09. The number of nitrogens with one attached hydrogen (secondary N) is 1. The van der Waals surface area contributed by atoms with Crippen LogP contribution in [0.15, 0.2) is 28.9 Å². The van der Waals surface area contributed by atoms with Crippen LogP contribution in [-0.4, -0.2) is 57.5 Å². The Balaban J connectivity index is 1.92. The Hall–Kier alpha value is -2.44. The zero-order valence-corrected chi connectivity index (χ0v) is 17.9. The van der Waals surface area contributed by atoms with E-state index >= 15 is 0 Å². The quantitative estimate of drug-likeness (QED) is 0.769. The Morgan fingerprint density at radius 3 is 2.66 bits per heavy atom. The fraction of sp³-hybridized carbons (Fsp3) is 0.636. The summed E-state index contributed by atoms with van der Waals surface area (Å²) in [5.74, 6) is -0.118. The van der Waals surface area contributed by atoms with E-state index in [1.165, 1.54) is 0 Å². The second kappa shape index (κ2) is 8.51. The highest BCUT2D eigenvalue weighted by molar-refractivity contribution is 6.12. The van der Waals surface area contributed by atoms with E-state index in [2.05, 4.69) is 10.3 Å². The van der Waals surface area contributed by atoms with Crippen molar-refractivity contribution in [1.29, 1.82) is 0 Å². The molecule has 1 N–H and O–H groups in total. The molecule has 7 nitrogen and oxygen atoms in total. The van der Waals surface area contributed by atoms with Gasteiger partial charge in [-0.05, 0) is 52.2 Å². The average molecular weight is 401 g/mol. The molecule has 3 amide bonds. The number of amidine groups is 1. The lowest BCUT2D eigenvalue weighted by atomic mass is 9.87. The van der Waals surface area contributed by atoms with Gasteiger partial charge in [0.05, 0.1) is 13.0 Å². The lowest BCUT2D eigenvalue weighted by Gasteiger charge is -2.47. The van der Waals surface area contributed by atoms with Crippen molar-refractivity contribution in [3.8, 4) is 0 Å². The largest absolute Gasteiger partial charge is 0.352 e. The highest BCUT2D eigenvalue weighted by Gasteiger charge is 2.49. The van der Waals surface area contributed by atoms with Gasteiger partial charge in [-0.25, -0.2) is 0 Å². The maximum Gasteiger partial charge on any atom is 0.250 e. The van der Waals surface area contributed by atoms with Crippen LogP contribution >= 0.6 is 0 Å². The van der Waals surface area contributed by atoms with Crippen molar-refractivity contribution < 1.29 is 14.4 Å². The molecule has 2 heterocycles. The van der Waals surface area contributed by atoms with E-state index in [9.17, 15) is 14.4 Å². The summed E-state index contributed by atoms with van der Waals surface area (Å²) in [7, 11) is 0. The third-order valence-corrected chi connectivity index (χ3v) is 5.92. The molecule has 0 aromatic carbocycles. The van der Waals surface area contributed by atoms with Crippen LogP contribution < -0.4 is 5.32 Å². The summed E-state index contributed by atoms with van der Waals surface area (Å²) in [5, 5.41) is 2.89. The second-order valence-electron chi connectivity index (χ2n) is 8.79. The van der Waals surface area contributed by atoms with E-state index in [4.69, 9.17) is 0 Å². The number of carbonyl (C=O) groups excluding carboxylic acids is 3. The van der Waals surface area contributed by atoms with Crippen LogP contribution in [0.25, 0.3) is 0 Å². The molecule has 0 aromatic heterocycles. The molecule has 1 aliphatic carbocycles. The first kappa shape index (κ1) is 21.3. The van der Waals surface area contributed by atoms with Crippen molar-refractivity contribution in [3.05, 3.63) is 23.9 Å². The second-order valence-corrected chi connectivity index (χ2v) is 8.79. The number of aliphatic imine (C=N–C) groups is 1. The zero-order chi connectivity index (χ0) is 21.2. The maximum absolute atomic E-state index is 13.9. The van der Waals surface area contributed by atoms with E-state index in [1.807, 2.05) is 44.0 Å². The van der Waals surface area contributed by atoms with Gasteiger partial charge >= 0.3 is 0 Å². The molecule has 0 bridgehead atoms. The molecular weight excluding hydrogens is 368 g/mol. The number of amides is 3. The van der Waals surface area contributed by atoms with Crippen molar-refractivity contribution >= 4 is 23.6 Å². The lowest BCUT2D eigenvalue weighted by Crippen LogP contribution is -2.63. The molecular formula is C22H32N4O3. The molecule has 3 aliphatic rings. The third-order valence-electron chi connectivity index (χ3n) is 5.92. The number of allylic oxidation sites excluding steroid dienone is 2. The lowest BCUT2D eigenvalue weighted by molar-refractivity contribution is -0.149. The molecule has 0 spiro atoms. The van der Waals surface area contributed by atoms with Gasteiger partial charge in [0.1, 0.15) is 11.4 Å². The molecule has 0 aromatic rings. The van der Waals surface area contributed by atoms with Gasteiger partial charge in [-0.3, -0.25) is 14.4 Å². The summed E-state index contributed by atoms with van der Waals surface area (Å²) < 4.78 is 0. The van der Waals surface area contributed by atoms with Crippen LogP contribution in [0.1, 0.15) is 66.2 Å². The fourth-order valence-corrected chi connectivity index (χ4v) is 4.46. The van der Waals surface area contributed by atoms with Gasteiger partial charge in [0.2, 0.25) is 11.8 Å². The first-order valence-corrected chi connectivity index (χ1v) is 10.6. The predicted molar refractivity (Wildman–Crippen MR) is 112 cm³/mol. The van der Waals surface area contributed by atoms with E-state index in [1.54, 1.807) is 11.8 Å². The van der Waals surface area contributed by atoms with Crippen LogP contribution in [0.3, 0.4) is 0 Å². The topological polar surface area (TPSA) is 82.1 Å². The predicted octanol–water partition coefficient (Wildman–Crippen LogP) is 2.54. The molecule has 1 fully saturated rings. The normalized spacial score (nSPS) is 24.7. The zero-order valence-electron chi connectivity index (χ0n) is 17.9. The Kier molecular flexibility index (Phi) is 6.24. The maximum atomic E-state index is 13.9. The summed E-state index contributed by atoms with van der Waals surface area (Å²) in [4.78, 5) is 46.6. The summed E-state index contributed by atoms with van der Waals surface area (Å²) >= 11 is 0. The molecule has 1 unspecified atom stereocenters. The highest BCUT2D eigenvalue weighted by atomic mass is 16.2. The molecule has 0 radical (unpaired) electrons. The standard InChI is InChI=1S/C22H32N4O3/c1-15(2)23-19(28)14-25(17-10-6-5-7-11-17)21(29)22(4)13-18(27)24-20-16(3)9-8-12-26(20)22/h8-9,12,15,17H,5-7,10-11,13-14H2,1-4H3,(H,23,28). The van der Waals surface area contributed by atoms with Crippen LogP contribution in [-0.2, 0) is 14.4 Å². The monoisotopic (exact) mass is 400 g/mol. The van der Waals surface area contributed by atoms with Gasteiger partial charge in [-0.1, -0.05) is 25.3 Å². The van der Waals surface area contributed by atoms with Gasteiger partial charge in [-0.2, -0.15) is 4.99 Å². The summed E-state index contributed by atoms with van der Waals surface area (Å²) in [5.41, 5.74) is -0.239. The van der Waals surface area contributed by atoms with E-state index < -0.39 is 5.54 Å². The molecule has 2 aliphatic heterocycles. The van der Waals surface area contributed by atoms with Gasteiger partial charge < -0.3 is 15.1 Å². The number of hydrogen-bond acceptors (Lipinski definition) is 4. The van der Waals surface area contributed by atoms with Crippen LogP contribution in [0, 0.1) is 0 Å².